The standard InChI is InChI=1S/C22H31NO/c1-17(2)23(18(3)4)16-15-20(19-11-7-6-8-12-19)21-13-9-10-14-22(21)24-5/h6-14,17-18,20H,15-16H2,1-5H3. The highest BCUT2D eigenvalue weighted by Gasteiger charge is 2.21. The van der Waals surface area contributed by atoms with Crippen molar-refractivity contribution in [3.63, 3.8) is 0 Å². The number of nitrogens with zero attached hydrogens (tertiary/aromatic N) is 1. The van der Waals surface area contributed by atoms with Gasteiger partial charge in [-0.25, -0.2) is 0 Å². The van der Waals surface area contributed by atoms with Crippen molar-refractivity contribution in [1.82, 2.24) is 4.90 Å². The van der Waals surface area contributed by atoms with Gasteiger partial charge in [-0.1, -0.05) is 48.5 Å². The minimum absolute atomic E-state index is 0.349. The number of methoxy groups -OCH3 is 1. The lowest BCUT2D eigenvalue weighted by Crippen LogP contribution is -2.38. The lowest BCUT2D eigenvalue weighted by molar-refractivity contribution is 0.170. The van der Waals surface area contributed by atoms with Crippen LogP contribution in [-0.4, -0.2) is 30.6 Å². The molecule has 2 aromatic rings. The summed E-state index contributed by atoms with van der Waals surface area (Å²) in [6.45, 7) is 10.2. The van der Waals surface area contributed by atoms with Crippen molar-refractivity contribution in [2.45, 2.75) is 52.1 Å². The molecule has 0 amide bonds. The molecule has 1 unspecified atom stereocenters. The van der Waals surface area contributed by atoms with E-state index in [1.807, 2.05) is 6.07 Å². The van der Waals surface area contributed by atoms with Crippen molar-refractivity contribution < 1.29 is 4.74 Å². The van der Waals surface area contributed by atoms with Crippen molar-refractivity contribution in [3.05, 3.63) is 65.7 Å². The second kappa shape index (κ2) is 8.89. The van der Waals surface area contributed by atoms with Gasteiger partial charge in [-0.05, 0) is 52.3 Å². The second-order valence-corrected chi connectivity index (χ2v) is 6.92. The molecule has 0 bridgehead atoms. The number of para-hydroxylation sites is 1. The molecule has 0 fully saturated rings. The van der Waals surface area contributed by atoms with Crippen LogP contribution < -0.4 is 4.74 Å². The summed E-state index contributed by atoms with van der Waals surface area (Å²) in [4.78, 5) is 2.56. The molecule has 0 saturated carbocycles. The fraction of sp³-hybridized carbons (Fsp3) is 0.455. The van der Waals surface area contributed by atoms with Crippen LogP contribution in [0, 0.1) is 0 Å². The minimum Gasteiger partial charge on any atom is -0.496 e. The summed E-state index contributed by atoms with van der Waals surface area (Å²) in [5.41, 5.74) is 2.63. The van der Waals surface area contributed by atoms with Gasteiger partial charge in [0.15, 0.2) is 0 Å². The Hall–Kier alpha value is -1.80. The first-order valence-electron chi connectivity index (χ1n) is 8.98. The van der Waals surface area contributed by atoms with Gasteiger partial charge in [0, 0.05) is 23.6 Å². The van der Waals surface area contributed by atoms with Crippen LogP contribution in [0.15, 0.2) is 54.6 Å². The number of benzene rings is 2. The third kappa shape index (κ3) is 4.61. The van der Waals surface area contributed by atoms with E-state index in [0.717, 1.165) is 18.7 Å². The van der Waals surface area contributed by atoms with Gasteiger partial charge in [0.2, 0.25) is 0 Å². The molecule has 0 radical (unpaired) electrons. The van der Waals surface area contributed by atoms with E-state index < -0.39 is 0 Å². The smallest absolute Gasteiger partial charge is 0.122 e. The van der Waals surface area contributed by atoms with Crippen LogP contribution in [0.3, 0.4) is 0 Å². The Morgan fingerprint density at radius 2 is 1.42 bits per heavy atom. The van der Waals surface area contributed by atoms with Gasteiger partial charge in [0.05, 0.1) is 7.11 Å². The Labute approximate surface area is 147 Å². The van der Waals surface area contributed by atoms with E-state index >= 15 is 0 Å². The Balaban J connectivity index is 2.31. The van der Waals surface area contributed by atoms with E-state index in [4.69, 9.17) is 4.74 Å². The zero-order valence-corrected chi connectivity index (χ0v) is 15.7. The summed E-state index contributed by atoms with van der Waals surface area (Å²) in [5.74, 6) is 1.33. The predicted molar refractivity (Wildman–Crippen MR) is 103 cm³/mol. The third-order valence-corrected chi connectivity index (χ3v) is 4.72. The van der Waals surface area contributed by atoms with Crippen LogP contribution in [0.25, 0.3) is 0 Å². The monoisotopic (exact) mass is 325 g/mol. The molecule has 0 N–H and O–H groups in total. The molecule has 0 aliphatic rings. The van der Waals surface area contributed by atoms with E-state index in [1.54, 1.807) is 7.11 Å². The lowest BCUT2D eigenvalue weighted by atomic mass is 9.87. The summed E-state index contributed by atoms with van der Waals surface area (Å²) in [7, 11) is 1.76. The Morgan fingerprint density at radius 3 is 2.00 bits per heavy atom. The van der Waals surface area contributed by atoms with Crippen LogP contribution in [0.5, 0.6) is 5.75 Å². The third-order valence-electron chi connectivity index (χ3n) is 4.72. The van der Waals surface area contributed by atoms with E-state index in [2.05, 4.69) is 81.1 Å². The van der Waals surface area contributed by atoms with Crippen LogP contribution in [0.1, 0.15) is 51.2 Å². The highest BCUT2D eigenvalue weighted by atomic mass is 16.5. The molecule has 0 saturated heterocycles. The van der Waals surface area contributed by atoms with Crippen LogP contribution in [0.4, 0.5) is 0 Å². The van der Waals surface area contributed by atoms with Gasteiger partial charge < -0.3 is 4.74 Å². The van der Waals surface area contributed by atoms with Gasteiger partial charge in [0.1, 0.15) is 5.75 Å². The zero-order chi connectivity index (χ0) is 17.5. The number of hydrogen-bond donors (Lipinski definition) is 0. The average molecular weight is 325 g/mol. The van der Waals surface area contributed by atoms with Crippen molar-refractivity contribution in [2.24, 2.45) is 0 Å². The normalized spacial score (nSPS) is 12.8. The fourth-order valence-corrected chi connectivity index (χ4v) is 3.53. The van der Waals surface area contributed by atoms with Crippen LogP contribution in [0.2, 0.25) is 0 Å². The summed E-state index contributed by atoms with van der Waals surface area (Å²) in [6, 6.07) is 20.3. The number of ether oxygens (including phenoxy) is 1. The van der Waals surface area contributed by atoms with Gasteiger partial charge in [-0.3, -0.25) is 4.90 Å². The fourth-order valence-electron chi connectivity index (χ4n) is 3.53. The largest absolute Gasteiger partial charge is 0.496 e. The SMILES string of the molecule is COc1ccccc1C(CCN(C(C)C)C(C)C)c1ccccc1. The molecule has 0 spiro atoms. The van der Waals surface area contributed by atoms with E-state index in [0.29, 0.717) is 18.0 Å². The lowest BCUT2D eigenvalue weighted by Gasteiger charge is -2.32. The molecule has 0 heterocycles. The van der Waals surface area contributed by atoms with E-state index in [-0.39, 0.29) is 0 Å². The van der Waals surface area contributed by atoms with Crippen LogP contribution >= 0.6 is 0 Å². The first kappa shape index (κ1) is 18.5. The summed E-state index contributed by atoms with van der Waals surface area (Å²) in [6.07, 6.45) is 1.08. The molecule has 0 aliphatic carbocycles. The Morgan fingerprint density at radius 1 is 0.833 bits per heavy atom. The van der Waals surface area contributed by atoms with Gasteiger partial charge in [-0.15, -0.1) is 0 Å². The molecule has 0 aromatic heterocycles. The Kier molecular flexibility index (Phi) is 6.86. The quantitative estimate of drug-likeness (QED) is 0.650. The summed E-state index contributed by atoms with van der Waals surface area (Å²) >= 11 is 0. The summed E-state index contributed by atoms with van der Waals surface area (Å²) in [5, 5.41) is 0. The average Bonchev–Trinajstić information content (AvgIpc) is 2.59. The van der Waals surface area contributed by atoms with E-state index in [1.165, 1.54) is 11.1 Å². The van der Waals surface area contributed by atoms with Crippen LogP contribution in [-0.2, 0) is 0 Å². The van der Waals surface area contributed by atoms with Gasteiger partial charge in [0.25, 0.3) is 0 Å². The predicted octanol–water partition coefficient (Wildman–Crippen LogP) is 5.34. The first-order valence-corrected chi connectivity index (χ1v) is 8.98. The molecule has 1 atom stereocenters. The summed E-state index contributed by atoms with van der Waals surface area (Å²) < 4.78 is 5.64. The van der Waals surface area contributed by atoms with Gasteiger partial charge in [-0.2, -0.15) is 0 Å². The highest BCUT2D eigenvalue weighted by molar-refractivity contribution is 5.42. The molecule has 2 nitrogen and oxygen atoms in total. The molecular weight excluding hydrogens is 294 g/mol. The first-order chi connectivity index (χ1) is 11.5. The topological polar surface area (TPSA) is 12.5 Å². The molecular formula is C22H31NO. The maximum Gasteiger partial charge on any atom is 0.122 e. The molecule has 24 heavy (non-hydrogen) atoms. The molecule has 0 aliphatic heterocycles. The zero-order valence-electron chi connectivity index (χ0n) is 15.7. The van der Waals surface area contributed by atoms with Gasteiger partial charge >= 0.3 is 0 Å². The highest BCUT2D eigenvalue weighted by Crippen LogP contribution is 2.34. The number of hydrogen-bond acceptors (Lipinski definition) is 2. The molecule has 2 aromatic carbocycles. The molecule has 2 rings (SSSR count). The van der Waals surface area contributed by atoms with E-state index in [9.17, 15) is 0 Å². The van der Waals surface area contributed by atoms with Crippen molar-refractivity contribution >= 4 is 0 Å². The Bertz CT molecular complexity index is 598. The second-order valence-electron chi connectivity index (χ2n) is 6.92. The van der Waals surface area contributed by atoms with Crippen molar-refractivity contribution in [3.8, 4) is 5.75 Å². The maximum absolute atomic E-state index is 5.64. The molecule has 130 valence electrons. The van der Waals surface area contributed by atoms with Crippen molar-refractivity contribution in [1.29, 1.82) is 0 Å². The maximum atomic E-state index is 5.64. The van der Waals surface area contributed by atoms with Crippen molar-refractivity contribution in [2.75, 3.05) is 13.7 Å². The molecule has 2 heteroatoms. The number of rotatable bonds is 8. The minimum atomic E-state index is 0.349.